The van der Waals surface area contributed by atoms with Gasteiger partial charge in [-0.2, -0.15) is 0 Å². The second kappa shape index (κ2) is 6.86. The first-order valence-corrected chi connectivity index (χ1v) is 8.57. The lowest BCUT2D eigenvalue weighted by molar-refractivity contribution is 0.680. The van der Waals surface area contributed by atoms with Crippen LogP contribution in [0.2, 0.25) is 5.02 Å². The number of aromatic nitrogens is 1. The molecule has 3 aromatic rings. The Labute approximate surface area is 137 Å². The van der Waals surface area contributed by atoms with Gasteiger partial charge in [0.2, 0.25) is 0 Å². The van der Waals surface area contributed by atoms with E-state index in [0.717, 1.165) is 16.7 Å². The fourth-order valence-corrected chi connectivity index (χ4v) is 3.47. The van der Waals surface area contributed by atoms with Crippen LogP contribution in [0.5, 0.6) is 0 Å². The highest BCUT2D eigenvalue weighted by atomic mass is 35.5. The highest BCUT2D eigenvalue weighted by molar-refractivity contribution is 7.84. The zero-order chi connectivity index (χ0) is 15.4. The molecule has 0 N–H and O–H groups in total. The van der Waals surface area contributed by atoms with Gasteiger partial charge in [-0.1, -0.05) is 54.1 Å². The fourth-order valence-electron chi connectivity index (χ4n) is 2.25. The molecular formula is C18H14ClNOS. The first kappa shape index (κ1) is 14.9. The van der Waals surface area contributed by atoms with Crippen molar-refractivity contribution in [3.05, 3.63) is 83.5 Å². The zero-order valence-corrected chi connectivity index (χ0v) is 13.3. The van der Waals surface area contributed by atoms with Gasteiger partial charge in [-0.25, -0.2) is 4.98 Å². The van der Waals surface area contributed by atoms with Crippen molar-refractivity contribution in [1.29, 1.82) is 0 Å². The third-order valence-electron chi connectivity index (χ3n) is 3.33. The molecule has 1 heterocycles. The van der Waals surface area contributed by atoms with Gasteiger partial charge in [0.1, 0.15) is 5.03 Å². The molecule has 4 heteroatoms. The van der Waals surface area contributed by atoms with Crippen molar-refractivity contribution >= 4 is 22.4 Å². The minimum atomic E-state index is -1.16. The van der Waals surface area contributed by atoms with Crippen LogP contribution in [0.4, 0.5) is 0 Å². The maximum absolute atomic E-state index is 12.5. The molecule has 0 saturated heterocycles. The number of benzene rings is 2. The molecule has 0 radical (unpaired) electrons. The summed E-state index contributed by atoms with van der Waals surface area (Å²) in [5, 5.41) is 1.31. The van der Waals surface area contributed by atoms with Crippen molar-refractivity contribution in [2.24, 2.45) is 0 Å². The predicted molar refractivity (Wildman–Crippen MR) is 91.2 cm³/mol. The summed E-state index contributed by atoms with van der Waals surface area (Å²) < 4.78 is 12.5. The van der Waals surface area contributed by atoms with Crippen LogP contribution in [0.15, 0.2) is 78.0 Å². The lowest BCUT2D eigenvalue weighted by Gasteiger charge is -2.09. The van der Waals surface area contributed by atoms with Crippen LogP contribution in [0.25, 0.3) is 11.1 Å². The van der Waals surface area contributed by atoms with Crippen molar-refractivity contribution in [1.82, 2.24) is 4.98 Å². The molecule has 3 rings (SSSR count). The number of hydrogen-bond donors (Lipinski definition) is 0. The summed E-state index contributed by atoms with van der Waals surface area (Å²) in [5.74, 6) is 0.440. The molecular weight excluding hydrogens is 314 g/mol. The number of pyridine rings is 1. The van der Waals surface area contributed by atoms with Gasteiger partial charge in [0.25, 0.3) is 0 Å². The van der Waals surface area contributed by atoms with E-state index in [1.54, 1.807) is 12.3 Å². The maximum atomic E-state index is 12.5. The van der Waals surface area contributed by atoms with Crippen LogP contribution in [0.1, 0.15) is 5.56 Å². The third-order valence-corrected chi connectivity index (χ3v) is 4.86. The summed E-state index contributed by atoms with van der Waals surface area (Å²) in [5.41, 5.74) is 3.18. The Hall–Kier alpha value is -1.97. The van der Waals surface area contributed by atoms with E-state index in [1.165, 1.54) is 0 Å². The van der Waals surface area contributed by atoms with Crippen LogP contribution < -0.4 is 0 Å². The molecule has 0 amide bonds. The van der Waals surface area contributed by atoms with Gasteiger partial charge in [0.05, 0.1) is 16.6 Å². The quantitative estimate of drug-likeness (QED) is 0.694. The van der Waals surface area contributed by atoms with Crippen molar-refractivity contribution in [2.75, 3.05) is 0 Å². The van der Waals surface area contributed by atoms with Gasteiger partial charge in [0.15, 0.2) is 0 Å². The van der Waals surface area contributed by atoms with E-state index in [1.807, 2.05) is 60.7 Å². The Morgan fingerprint density at radius 2 is 1.64 bits per heavy atom. The second-order valence-corrected chi connectivity index (χ2v) is 6.66. The largest absolute Gasteiger partial charge is 0.252 e. The highest BCUT2D eigenvalue weighted by Crippen LogP contribution is 2.26. The van der Waals surface area contributed by atoms with E-state index >= 15 is 0 Å². The Bertz CT molecular complexity index is 788. The van der Waals surface area contributed by atoms with Crippen LogP contribution in [-0.4, -0.2) is 9.19 Å². The lowest BCUT2D eigenvalue weighted by Crippen LogP contribution is -2.00. The van der Waals surface area contributed by atoms with Crippen molar-refractivity contribution < 1.29 is 4.21 Å². The molecule has 22 heavy (non-hydrogen) atoms. The van der Waals surface area contributed by atoms with Gasteiger partial charge in [-0.15, -0.1) is 0 Å². The lowest BCUT2D eigenvalue weighted by atomic mass is 10.0. The molecule has 0 aliphatic carbocycles. The van der Waals surface area contributed by atoms with Crippen LogP contribution in [-0.2, 0) is 16.6 Å². The van der Waals surface area contributed by atoms with Crippen LogP contribution in [0, 0.1) is 0 Å². The molecule has 0 bridgehead atoms. The first-order chi connectivity index (χ1) is 10.7. The zero-order valence-electron chi connectivity index (χ0n) is 11.8. The van der Waals surface area contributed by atoms with E-state index in [0.29, 0.717) is 15.8 Å². The molecule has 1 aromatic heterocycles. The van der Waals surface area contributed by atoms with E-state index in [-0.39, 0.29) is 0 Å². The summed E-state index contributed by atoms with van der Waals surface area (Å²) in [6.45, 7) is 0. The molecule has 0 saturated carbocycles. The minimum absolute atomic E-state index is 0.440. The Balaban J connectivity index is 1.92. The molecule has 2 aromatic carbocycles. The van der Waals surface area contributed by atoms with Gasteiger partial charge in [-0.3, -0.25) is 4.21 Å². The second-order valence-electron chi connectivity index (χ2n) is 4.82. The average molecular weight is 328 g/mol. The summed E-state index contributed by atoms with van der Waals surface area (Å²) in [7, 11) is -1.16. The minimum Gasteiger partial charge on any atom is -0.252 e. The van der Waals surface area contributed by atoms with Gasteiger partial charge < -0.3 is 0 Å². The van der Waals surface area contributed by atoms with E-state index in [2.05, 4.69) is 4.98 Å². The van der Waals surface area contributed by atoms with Gasteiger partial charge in [0, 0.05) is 11.2 Å². The van der Waals surface area contributed by atoms with Crippen molar-refractivity contribution in [3.63, 3.8) is 0 Å². The summed E-state index contributed by atoms with van der Waals surface area (Å²) >= 11 is 5.95. The van der Waals surface area contributed by atoms with E-state index in [4.69, 9.17) is 11.6 Å². The average Bonchev–Trinajstić information content (AvgIpc) is 2.57. The standard InChI is InChI=1S/C18H14ClNOS/c19-16-10-8-14(9-11-16)17-6-2-1-5-15(17)13-22(21)18-7-3-4-12-20-18/h1-12H,13H2. The van der Waals surface area contributed by atoms with Crippen LogP contribution in [0.3, 0.4) is 0 Å². The smallest absolute Gasteiger partial charge is 0.127 e. The monoisotopic (exact) mass is 327 g/mol. The molecule has 110 valence electrons. The van der Waals surface area contributed by atoms with E-state index < -0.39 is 10.8 Å². The number of nitrogens with zero attached hydrogens (tertiary/aromatic N) is 1. The number of halogens is 1. The molecule has 0 aliphatic rings. The third kappa shape index (κ3) is 3.43. The summed E-state index contributed by atoms with van der Waals surface area (Å²) in [4.78, 5) is 4.17. The highest BCUT2D eigenvalue weighted by Gasteiger charge is 2.10. The van der Waals surface area contributed by atoms with Gasteiger partial charge >= 0.3 is 0 Å². The van der Waals surface area contributed by atoms with Gasteiger partial charge in [-0.05, 0) is 41.0 Å². The normalized spacial score (nSPS) is 12.0. The Morgan fingerprint density at radius 1 is 0.909 bits per heavy atom. The van der Waals surface area contributed by atoms with Crippen molar-refractivity contribution in [2.45, 2.75) is 10.8 Å². The van der Waals surface area contributed by atoms with Crippen molar-refractivity contribution in [3.8, 4) is 11.1 Å². The molecule has 0 spiro atoms. The predicted octanol–water partition coefficient (Wildman–Crippen LogP) is 4.71. The SMILES string of the molecule is O=S(Cc1ccccc1-c1ccc(Cl)cc1)c1ccccn1. The molecule has 0 aliphatic heterocycles. The molecule has 2 nitrogen and oxygen atoms in total. The molecule has 1 atom stereocenters. The van der Waals surface area contributed by atoms with Crippen LogP contribution >= 0.6 is 11.6 Å². The topological polar surface area (TPSA) is 30.0 Å². The maximum Gasteiger partial charge on any atom is 0.127 e. The first-order valence-electron chi connectivity index (χ1n) is 6.87. The summed E-state index contributed by atoms with van der Waals surface area (Å²) in [6.07, 6.45) is 1.67. The number of rotatable bonds is 4. The Kier molecular flexibility index (Phi) is 4.66. The summed E-state index contributed by atoms with van der Waals surface area (Å²) in [6, 6.07) is 21.1. The fraction of sp³-hybridized carbons (Fsp3) is 0.0556. The molecule has 0 fully saturated rings. The van der Waals surface area contributed by atoms with E-state index in [9.17, 15) is 4.21 Å². The number of hydrogen-bond acceptors (Lipinski definition) is 2. The Morgan fingerprint density at radius 3 is 2.36 bits per heavy atom. The molecule has 1 unspecified atom stereocenters.